The van der Waals surface area contributed by atoms with Crippen LogP contribution in [0, 0.1) is 12.7 Å². The van der Waals surface area contributed by atoms with E-state index >= 15 is 0 Å². The van der Waals surface area contributed by atoms with Crippen LogP contribution in [0.3, 0.4) is 0 Å². The van der Waals surface area contributed by atoms with Crippen molar-refractivity contribution in [1.29, 1.82) is 0 Å². The maximum Gasteiger partial charge on any atom is 0.254 e. The first-order valence-corrected chi connectivity index (χ1v) is 7.61. The fourth-order valence-electron chi connectivity index (χ4n) is 3.11. The van der Waals surface area contributed by atoms with Crippen molar-refractivity contribution in [3.8, 4) is 0 Å². The zero-order valence-corrected chi connectivity index (χ0v) is 12.7. The molecule has 120 valence electrons. The van der Waals surface area contributed by atoms with Gasteiger partial charge in [-0.1, -0.05) is 6.07 Å². The topological polar surface area (TPSA) is 53.0 Å². The maximum absolute atomic E-state index is 13.6. The average molecular weight is 308 g/mol. The number of hydrogen-bond donors (Lipinski definition) is 1. The van der Waals surface area contributed by atoms with Gasteiger partial charge in [-0.15, -0.1) is 0 Å². The molecule has 0 saturated carbocycles. The Morgan fingerprint density at radius 1 is 1.32 bits per heavy atom. The third-order valence-corrected chi connectivity index (χ3v) is 4.48. The second kappa shape index (κ2) is 6.32. The minimum Gasteiger partial charge on any atom is -0.390 e. The van der Waals surface area contributed by atoms with E-state index in [1.807, 2.05) is 0 Å². The van der Waals surface area contributed by atoms with E-state index in [1.165, 1.54) is 6.07 Å². The maximum atomic E-state index is 13.6. The Kier molecular flexibility index (Phi) is 4.42. The van der Waals surface area contributed by atoms with Crippen LogP contribution in [0.15, 0.2) is 18.2 Å². The molecule has 0 aliphatic carbocycles. The molecule has 2 atom stereocenters. The molecule has 2 heterocycles. The summed E-state index contributed by atoms with van der Waals surface area (Å²) in [4.78, 5) is 16.3. The minimum absolute atomic E-state index is 0.0665. The summed E-state index contributed by atoms with van der Waals surface area (Å²) in [5, 5.41) is 10.3. The number of ether oxygens (including phenoxy) is 1. The van der Waals surface area contributed by atoms with E-state index in [0.717, 1.165) is 13.1 Å². The molecule has 0 spiro atoms. The summed E-state index contributed by atoms with van der Waals surface area (Å²) in [7, 11) is 0. The number of aliphatic hydroxyl groups is 1. The first kappa shape index (κ1) is 15.4. The van der Waals surface area contributed by atoms with Crippen molar-refractivity contribution in [1.82, 2.24) is 9.80 Å². The molecule has 5 nitrogen and oxygen atoms in total. The summed E-state index contributed by atoms with van der Waals surface area (Å²) in [5.74, 6) is -0.607. The highest BCUT2D eigenvalue weighted by Gasteiger charge is 2.38. The zero-order valence-electron chi connectivity index (χ0n) is 12.7. The van der Waals surface area contributed by atoms with Crippen molar-refractivity contribution < 1.29 is 19.0 Å². The molecule has 3 rings (SSSR count). The molecule has 2 saturated heterocycles. The summed E-state index contributed by atoms with van der Waals surface area (Å²) < 4.78 is 18.9. The second-order valence-electron chi connectivity index (χ2n) is 5.96. The molecule has 1 aromatic carbocycles. The summed E-state index contributed by atoms with van der Waals surface area (Å²) in [6.07, 6.45) is -0.572. The number of carbonyl (C=O) groups is 1. The number of β-amino-alcohol motifs (C(OH)–C–C–N with tert-alkyl or cyclic N) is 1. The van der Waals surface area contributed by atoms with E-state index in [-0.39, 0.29) is 24.3 Å². The van der Waals surface area contributed by atoms with Crippen LogP contribution in [-0.2, 0) is 4.74 Å². The molecular formula is C16H21FN2O3. The number of carbonyl (C=O) groups excluding carboxylic acids is 1. The van der Waals surface area contributed by atoms with E-state index in [2.05, 4.69) is 4.90 Å². The predicted molar refractivity (Wildman–Crippen MR) is 79.2 cm³/mol. The number of hydrogen-bond acceptors (Lipinski definition) is 4. The van der Waals surface area contributed by atoms with E-state index in [9.17, 15) is 14.3 Å². The van der Waals surface area contributed by atoms with E-state index in [0.29, 0.717) is 30.9 Å². The van der Waals surface area contributed by atoms with Crippen molar-refractivity contribution in [2.24, 2.45) is 0 Å². The van der Waals surface area contributed by atoms with Gasteiger partial charge in [-0.3, -0.25) is 9.69 Å². The van der Waals surface area contributed by atoms with Crippen molar-refractivity contribution in [3.63, 3.8) is 0 Å². The van der Waals surface area contributed by atoms with E-state index in [4.69, 9.17) is 4.74 Å². The molecule has 2 aliphatic heterocycles. The average Bonchev–Trinajstić information content (AvgIpc) is 2.92. The molecule has 0 radical (unpaired) electrons. The van der Waals surface area contributed by atoms with Gasteiger partial charge in [0.2, 0.25) is 0 Å². The molecule has 2 aliphatic rings. The van der Waals surface area contributed by atoms with Crippen molar-refractivity contribution in [2.45, 2.75) is 19.1 Å². The monoisotopic (exact) mass is 308 g/mol. The molecule has 1 aromatic rings. The lowest BCUT2D eigenvalue weighted by Crippen LogP contribution is -2.49. The molecular weight excluding hydrogens is 287 g/mol. The number of likely N-dealkylation sites (tertiary alicyclic amines) is 1. The van der Waals surface area contributed by atoms with Crippen LogP contribution in [0.5, 0.6) is 0 Å². The first-order valence-electron chi connectivity index (χ1n) is 7.61. The van der Waals surface area contributed by atoms with Gasteiger partial charge in [0, 0.05) is 31.7 Å². The zero-order chi connectivity index (χ0) is 15.7. The fourth-order valence-corrected chi connectivity index (χ4v) is 3.11. The quantitative estimate of drug-likeness (QED) is 0.872. The lowest BCUT2D eigenvalue weighted by Gasteiger charge is -2.33. The number of aliphatic hydroxyl groups excluding tert-OH is 1. The van der Waals surface area contributed by atoms with Gasteiger partial charge in [-0.05, 0) is 24.6 Å². The number of amides is 1. The van der Waals surface area contributed by atoms with Gasteiger partial charge >= 0.3 is 0 Å². The molecule has 1 amide bonds. The molecule has 2 fully saturated rings. The van der Waals surface area contributed by atoms with Gasteiger partial charge in [0.05, 0.1) is 25.4 Å². The Balaban J connectivity index is 1.70. The van der Waals surface area contributed by atoms with E-state index in [1.54, 1.807) is 24.0 Å². The Morgan fingerprint density at radius 2 is 2.05 bits per heavy atom. The van der Waals surface area contributed by atoms with Crippen LogP contribution in [0.4, 0.5) is 4.39 Å². The SMILES string of the molecule is Cc1ccc(C(=O)N2C[C@@H](O)[C@H](N3CCOCC3)C2)cc1F. The van der Waals surface area contributed by atoms with Crippen LogP contribution in [0.25, 0.3) is 0 Å². The Bertz CT molecular complexity index is 560. The molecule has 6 heteroatoms. The second-order valence-corrected chi connectivity index (χ2v) is 5.96. The van der Waals surface area contributed by atoms with Gasteiger partial charge < -0.3 is 14.7 Å². The van der Waals surface area contributed by atoms with Crippen molar-refractivity contribution in [3.05, 3.63) is 35.1 Å². The molecule has 0 aromatic heterocycles. The normalized spacial score (nSPS) is 26.4. The summed E-state index contributed by atoms with van der Waals surface area (Å²) in [6.45, 7) is 5.26. The van der Waals surface area contributed by atoms with Crippen LogP contribution in [-0.4, -0.2) is 72.4 Å². The number of aryl methyl sites for hydroxylation is 1. The van der Waals surface area contributed by atoms with Crippen molar-refractivity contribution >= 4 is 5.91 Å². The lowest BCUT2D eigenvalue weighted by molar-refractivity contribution is -0.00611. The van der Waals surface area contributed by atoms with Crippen LogP contribution in [0.2, 0.25) is 0 Å². The standard InChI is InChI=1S/C16H21FN2O3/c1-11-2-3-12(8-13(11)17)16(21)19-9-14(15(20)10-19)18-4-6-22-7-5-18/h2-3,8,14-15,20H,4-7,9-10H2,1H3/t14-,15-/m1/s1. The third kappa shape index (κ3) is 2.99. The van der Waals surface area contributed by atoms with Gasteiger partial charge in [-0.2, -0.15) is 0 Å². The molecule has 0 unspecified atom stereocenters. The summed E-state index contributed by atoms with van der Waals surface area (Å²) in [5.41, 5.74) is 0.849. The summed E-state index contributed by atoms with van der Waals surface area (Å²) in [6, 6.07) is 4.44. The largest absolute Gasteiger partial charge is 0.390 e. The Labute approximate surface area is 129 Å². The third-order valence-electron chi connectivity index (χ3n) is 4.48. The van der Waals surface area contributed by atoms with Gasteiger partial charge in [0.15, 0.2) is 0 Å². The van der Waals surface area contributed by atoms with Crippen LogP contribution in [0.1, 0.15) is 15.9 Å². The highest BCUT2D eigenvalue weighted by Crippen LogP contribution is 2.20. The molecule has 22 heavy (non-hydrogen) atoms. The number of morpholine rings is 1. The first-order chi connectivity index (χ1) is 10.6. The highest BCUT2D eigenvalue weighted by atomic mass is 19.1. The smallest absolute Gasteiger partial charge is 0.254 e. The number of nitrogens with zero attached hydrogens (tertiary/aromatic N) is 2. The van der Waals surface area contributed by atoms with Crippen molar-refractivity contribution in [2.75, 3.05) is 39.4 Å². The molecule has 1 N–H and O–H groups in total. The van der Waals surface area contributed by atoms with Crippen LogP contribution >= 0.6 is 0 Å². The molecule has 0 bridgehead atoms. The lowest BCUT2D eigenvalue weighted by atomic mass is 10.1. The Morgan fingerprint density at radius 3 is 2.73 bits per heavy atom. The fraction of sp³-hybridized carbons (Fsp3) is 0.562. The van der Waals surface area contributed by atoms with Gasteiger partial charge in [0.1, 0.15) is 5.82 Å². The minimum atomic E-state index is -0.572. The predicted octanol–water partition coefficient (Wildman–Crippen LogP) is 0.652. The van der Waals surface area contributed by atoms with E-state index < -0.39 is 6.10 Å². The van der Waals surface area contributed by atoms with Crippen LogP contribution < -0.4 is 0 Å². The number of benzene rings is 1. The number of rotatable bonds is 2. The van der Waals surface area contributed by atoms with Gasteiger partial charge in [0.25, 0.3) is 5.91 Å². The number of halogens is 1. The highest BCUT2D eigenvalue weighted by molar-refractivity contribution is 5.94. The Hall–Kier alpha value is -1.50. The van der Waals surface area contributed by atoms with Gasteiger partial charge in [-0.25, -0.2) is 4.39 Å². The summed E-state index contributed by atoms with van der Waals surface area (Å²) >= 11 is 0.